The van der Waals surface area contributed by atoms with Gasteiger partial charge in [0, 0.05) is 24.0 Å². The van der Waals surface area contributed by atoms with Crippen LogP contribution in [0.25, 0.3) is 0 Å². The molecular formula is C28H40O8. The van der Waals surface area contributed by atoms with Crippen LogP contribution in [0.4, 0.5) is 0 Å². The zero-order valence-electron chi connectivity index (χ0n) is 21.6. The fourth-order valence-electron chi connectivity index (χ4n) is 4.91. The molecule has 2 aliphatic carbocycles. The maximum Gasteiger partial charge on any atom is 0.334 e. The van der Waals surface area contributed by atoms with Gasteiger partial charge in [0.2, 0.25) is 0 Å². The molecule has 0 bridgehead atoms. The maximum absolute atomic E-state index is 11.8. The van der Waals surface area contributed by atoms with Crippen molar-refractivity contribution in [2.24, 2.45) is 11.8 Å². The number of hydrogen-bond acceptors (Lipinski definition) is 8. The van der Waals surface area contributed by atoms with E-state index < -0.39 is 0 Å². The van der Waals surface area contributed by atoms with Gasteiger partial charge in [0.25, 0.3) is 0 Å². The fourth-order valence-corrected chi connectivity index (χ4v) is 4.91. The third-order valence-electron chi connectivity index (χ3n) is 7.13. The number of rotatable bonds is 10. The Morgan fingerprint density at radius 2 is 1.14 bits per heavy atom. The second-order valence-electron chi connectivity index (χ2n) is 9.75. The first-order chi connectivity index (χ1) is 17.5. The average Bonchev–Trinajstić information content (AvgIpc) is 3.79. The van der Waals surface area contributed by atoms with Crippen molar-refractivity contribution < 1.29 is 38.1 Å². The van der Waals surface area contributed by atoms with Crippen molar-refractivity contribution in [3.8, 4) is 0 Å². The molecule has 0 aromatic rings. The quantitative estimate of drug-likeness (QED) is 0.249. The maximum atomic E-state index is 11.8. The highest BCUT2D eigenvalue weighted by atomic mass is 16.5. The lowest BCUT2D eigenvalue weighted by atomic mass is 9.93. The Morgan fingerprint density at radius 3 is 1.44 bits per heavy atom. The van der Waals surface area contributed by atoms with Crippen molar-refractivity contribution in [3.05, 3.63) is 22.3 Å². The van der Waals surface area contributed by atoms with Crippen LogP contribution in [0.1, 0.15) is 78.1 Å². The third kappa shape index (κ3) is 8.37. The van der Waals surface area contributed by atoms with Crippen LogP contribution in [0.5, 0.6) is 0 Å². The topological polar surface area (TPSA) is 105 Å². The minimum atomic E-state index is -0.337. The molecule has 0 amide bonds. The predicted molar refractivity (Wildman–Crippen MR) is 132 cm³/mol. The smallest absolute Gasteiger partial charge is 0.334 e. The summed E-state index contributed by atoms with van der Waals surface area (Å²) >= 11 is 0. The van der Waals surface area contributed by atoms with Gasteiger partial charge < -0.3 is 28.5 Å². The average molecular weight is 505 g/mol. The molecule has 2 atom stereocenters. The van der Waals surface area contributed by atoms with Crippen LogP contribution in [0.2, 0.25) is 0 Å². The Hall–Kier alpha value is -2.32. The van der Waals surface area contributed by atoms with E-state index in [0.29, 0.717) is 49.4 Å². The molecule has 2 saturated carbocycles. The second kappa shape index (κ2) is 14.4. The molecule has 8 nitrogen and oxygen atoms in total. The lowest BCUT2D eigenvalue weighted by molar-refractivity contribution is -0.140. The summed E-state index contributed by atoms with van der Waals surface area (Å²) in [6, 6.07) is 0. The Morgan fingerprint density at radius 1 is 0.750 bits per heavy atom. The normalized spacial score (nSPS) is 26.6. The highest BCUT2D eigenvalue weighted by molar-refractivity contribution is 5.93. The predicted octanol–water partition coefficient (Wildman–Crippen LogP) is 4.05. The van der Waals surface area contributed by atoms with E-state index in [1.807, 2.05) is 0 Å². The molecule has 200 valence electrons. The van der Waals surface area contributed by atoms with Gasteiger partial charge in [-0.3, -0.25) is 0 Å². The van der Waals surface area contributed by atoms with E-state index in [0.717, 1.165) is 49.4 Å². The van der Waals surface area contributed by atoms with Crippen molar-refractivity contribution >= 4 is 24.5 Å². The zero-order valence-corrected chi connectivity index (χ0v) is 21.6. The molecule has 2 aliphatic heterocycles. The molecule has 8 heteroatoms. The summed E-state index contributed by atoms with van der Waals surface area (Å²) in [6.45, 7) is 5.54. The number of ether oxygens (including phenoxy) is 4. The van der Waals surface area contributed by atoms with Gasteiger partial charge in [-0.2, -0.15) is 0 Å². The van der Waals surface area contributed by atoms with E-state index in [-0.39, 0.29) is 37.0 Å². The highest BCUT2D eigenvalue weighted by Crippen LogP contribution is 2.41. The molecule has 0 N–H and O–H groups in total. The summed E-state index contributed by atoms with van der Waals surface area (Å²) in [4.78, 5) is 45.1. The number of carbonyl (C=O) groups is 4. The molecule has 0 spiro atoms. The lowest BCUT2D eigenvalue weighted by Crippen LogP contribution is -2.25. The molecular weight excluding hydrogens is 464 g/mol. The van der Waals surface area contributed by atoms with Gasteiger partial charge in [-0.1, -0.05) is 11.1 Å². The molecule has 0 aromatic carbocycles. The minimum Gasteiger partial charge on any atom is -0.463 e. The molecule has 0 unspecified atom stereocenters. The summed E-state index contributed by atoms with van der Waals surface area (Å²) in [5, 5.41) is 0. The Balaban J connectivity index is 0.000000201. The number of aldehydes is 2. The molecule has 36 heavy (non-hydrogen) atoms. The third-order valence-corrected chi connectivity index (χ3v) is 7.13. The van der Waals surface area contributed by atoms with Crippen molar-refractivity contribution in [1.29, 1.82) is 0 Å². The van der Waals surface area contributed by atoms with Gasteiger partial charge in [-0.05, 0) is 77.0 Å². The summed E-state index contributed by atoms with van der Waals surface area (Å²) < 4.78 is 21.5. The van der Waals surface area contributed by atoms with Crippen molar-refractivity contribution in [2.75, 3.05) is 26.4 Å². The van der Waals surface area contributed by atoms with Gasteiger partial charge in [0.15, 0.2) is 0 Å². The molecule has 4 rings (SSSR count). The van der Waals surface area contributed by atoms with E-state index in [1.165, 1.54) is 25.7 Å². The van der Waals surface area contributed by atoms with E-state index >= 15 is 0 Å². The summed E-state index contributed by atoms with van der Waals surface area (Å²) in [7, 11) is 0. The van der Waals surface area contributed by atoms with E-state index in [4.69, 9.17) is 18.9 Å². The van der Waals surface area contributed by atoms with Gasteiger partial charge >= 0.3 is 11.9 Å². The molecule has 2 saturated heterocycles. The molecule has 0 radical (unpaired) electrons. The van der Waals surface area contributed by atoms with E-state index in [2.05, 4.69) is 0 Å². The van der Waals surface area contributed by atoms with Crippen molar-refractivity contribution in [1.82, 2.24) is 0 Å². The Labute approximate surface area is 213 Å². The summed E-state index contributed by atoms with van der Waals surface area (Å²) in [6.07, 6.45) is 10.3. The van der Waals surface area contributed by atoms with Crippen LogP contribution in [0, 0.1) is 11.8 Å². The van der Waals surface area contributed by atoms with Gasteiger partial charge in [0.1, 0.15) is 12.6 Å². The lowest BCUT2D eigenvalue weighted by Gasteiger charge is -2.26. The standard InChI is InChI=1S/2C14H20O4/c2*1-2-17-14(16)12(5-7-15)11-6-8-18-13(9-11)10-3-4-10/h2*7,10,13H,2-6,8-9H2,1H3/b2*12-11+/t2*13-/m10/s1. The van der Waals surface area contributed by atoms with Gasteiger partial charge in [-0.25, -0.2) is 9.59 Å². The van der Waals surface area contributed by atoms with Crippen LogP contribution in [-0.4, -0.2) is 63.1 Å². The Bertz CT molecular complexity index is 780. The molecule has 4 fully saturated rings. The van der Waals surface area contributed by atoms with Crippen LogP contribution in [0.3, 0.4) is 0 Å². The Kier molecular flexibility index (Phi) is 11.3. The molecule has 4 aliphatic rings. The zero-order chi connectivity index (χ0) is 25.9. The monoisotopic (exact) mass is 504 g/mol. The van der Waals surface area contributed by atoms with Gasteiger partial charge in [-0.15, -0.1) is 0 Å². The van der Waals surface area contributed by atoms with Crippen LogP contribution in [-0.2, 0) is 38.1 Å². The first kappa shape index (κ1) is 28.3. The van der Waals surface area contributed by atoms with E-state index in [1.54, 1.807) is 13.8 Å². The van der Waals surface area contributed by atoms with Crippen LogP contribution in [0.15, 0.2) is 22.3 Å². The van der Waals surface area contributed by atoms with Crippen molar-refractivity contribution in [3.63, 3.8) is 0 Å². The molecule has 2 heterocycles. The second-order valence-corrected chi connectivity index (χ2v) is 9.75. The van der Waals surface area contributed by atoms with Crippen LogP contribution < -0.4 is 0 Å². The summed E-state index contributed by atoms with van der Waals surface area (Å²) in [5.74, 6) is 0.632. The summed E-state index contributed by atoms with van der Waals surface area (Å²) in [5.41, 5.74) is 3.23. The number of esters is 2. The largest absolute Gasteiger partial charge is 0.463 e. The number of hydrogen-bond donors (Lipinski definition) is 0. The first-order valence-electron chi connectivity index (χ1n) is 13.4. The van der Waals surface area contributed by atoms with Crippen LogP contribution >= 0.6 is 0 Å². The SMILES string of the molecule is CCOC(=O)/C(CC=O)=C1\CCO[C@@H](C2CC2)C1.CCOC(=O)/C(CC=O)=C1\CCO[C@H](C2CC2)C1. The molecule has 0 aromatic heterocycles. The van der Waals surface area contributed by atoms with E-state index in [9.17, 15) is 19.2 Å². The fraction of sp³-hybridized carbons (Fsp3) is 0.714. The number of carbonyl (C=O) groups excluding carboxylic acids is 4. The highest BCUT2D eigenvalue weighted by Gasteiger charge is 2.36. The van der Waals surface area contributed by atoms with Gasteiger partial charge in [0.05, 0.1) is 38.6 Å². The van der Waals surface area contributed by atoms with Crippen molar-refractivity contribution in [2.45, 2.75) is 90.3 Å². The minimum absolute atomic E-state index is 0.158. The first-order valence-corrected chi connectivity index (χ1v) is 13.4.